The summed E-state index contributed by atoms with van der Waals surface area (Å²) in [6, 6.07) is 6.28. The average Bonchev–Trinajstić information content (AvgIpc) is 3.00. The highest BCUT2D eigenvalue weighted by Gasteiger charge is 2.48. The standard InChI is InChI=1S/C21H21N3O3/c25-19(15-8-12-23-13-9-15)17-18(14-6-10-22-11-7-14)24(21(27)20(17)26)16-4-2-1-3-5-16/h6-13,16,18,25H,1-5H2/b19-17-. The molecule has 4 rings (SSSR count). The minimum Gasteiger partial charge on any atom is -0.507 e. The Morgan fingerprint density at radius 1 is 0.926 bits per heavy atom. The second-order valence-corrected chi connectivity index (χ2v) is 7.01. The summed E-state index contributed by atoms with van der Waals surface area (Å²) >= 11 is 0. The van der Waals surface area contributed by atoms with Crippen molar-refractivity contribution in [3.05, 3.63) is 65.8 Å². The minimum absolute atomic E-state index is 0.0103. The summed E-state index contributed by atoms with van der Waals surface area (Å²) in [4.78, 5) is 35.5. The van der Waals surface area contributed by atoms with Crippen molar-refractivity contribution in [3.63, 3.8) is 0 Å². The molecular formula is C21H21N3O3. The summed E-state index contributed by atoms with van der Waals surface area (Å²) < 4.78 is 0. The maximum Gasteiger partial charge on any atom is 0.295 e. The SMILES string of the molecule is O=C1C(=O)N(C2CCCCC2)C(c2ccncc2)/C1=C(/O)c1ccncc1. The molecule has 27 heavy (non-hydrogen) atoms. The Morgan fingerprint density at radius 2 is 1.52 bits per heavy atom. The summed E-state index contributed by atoms with van der Waals surface area (Å²) in [7, 11) is 0. The average molecular weight is 363 g/mol. The van der Waals surface area contributed by atoms with Crippen LogP contribution >= 0.6 is 0 Å². The summed E-state index contributed by atoms with van der Waals surface area (Å²) in [5.74, 6) is -1.31. The van der Waals surface area contributed by atoms with Crippen LogP contribution < -0.4 is 0 Å². The quantitative estimate of drug-likeness (QED) is 0.514. The van der Waals surface area contributed by atoms with Gasteiger partial charge in [-0.2, -0.15) is 0 Å². The lowest BCUT2D eigenvalue weighted by molar-refractivity contribution is -0.141. The fourth-order valence-electron chi connectivity index (χ4n) is 4.12. The van der Waals surface area contributed by atoms with E-state index in [1.165, 1.54) is 0 Å². The van der Waals surface area contributed by atoms with Crippen molar-refractivity contribution in [2.75, 3.05) is 0 Å². The summed E-state index contributed by atoms with van der Waals surface area (Å²) in [6.07, 6.45) is 11.4. The van der Waals surface area contributed by atoms with Gasteiger partial charge in [0.25, 0.3) is 11.7 Å². The number of carbonyl (C=O) groups is 2. The van der Waals surface area contributed by atoms with Crippen LogP contribution in [0, 0.1) is 0 Å². The molecular weight excluding hydrogens is 342 g/mol. The number of carbonyl (C=O) groups excluding carboxylic acids is 2. The van der Waals surface area contributed by atoms with Crippen LogP contribution in [0.1, 0.15) is 49.3 Å². The molecule has 0 radical (unpaired) electrons. The number of Topliss-reactive ketones (excluding diaryl/α,β-unsaturated/α-hetero) is 1. The van der Waals surface area contributed by atoms with Crippen LogP contribution in [0.5, 0.6) is 0 Å². The fourth-order valence-corrected chi connectivity index (χ4v) is 4.12. The number of aliphatic hydroxyl groups excluding tert-OH is 1. The lowest BCUT2D eigenvalue weighted by Gasteiger charge is -2.35. The first-order chi connectivity index (χ1) is 13.2. The minimum atomic E-state index is -0.628. The highest BCUT2D eigenvalue weighted by Crippen LogP contribution is 2.42. The maximum atomic E-state index is 12.9. The first kappa shape index (κ1) is 17.4. The molecule has 1 N–H and O–H groups in total. The van der Waals surface area contributed by atoms with Gasteiger partial charge in [0, 0.05) is 36.4 Å². The molecule has 1 aliphatic carbocycles. The van der Waals surface area contributed by atoms with Crippen molar-refractivity contribution in [1.82, 2.24) is 14.9 Å². The second kappa shape index (κ2) is 7.31. The third kappa shape index (κ3) is 3.12. The number of aromatic nitrogens is 2. The zero-order valence-corrected chi connectivity index (χ0v) is 14.9. The van der Waals surface area contributed by atoms with E-state index >= 15 is 0 Å². The Morgan fingerprint density at radius 3 is 2.15 bits per heavy atom. The molecule has 0 bridgehead atoms. The molecule has 1 atom stereocenters. The van der Waals surface area contributed by atoms with Crippen LogP contribution in [0.15, 0.2) is 54.6 Å². The molecule has 138 valence electrons. The Kier molecular flexibility index (Phi) is 4.71. The van der Waals surface area contributed by atoms with E-state index in [1.54, 1.807) is 54.0 Å². The van der Waals surface area contributed by atoms with Gasteiger partial charge >= 0.3 is 0 Å². The normalized spacial score (nSPS) is 23.0. The highest BCUT2D eigenvalue weighted by molar-refractivity contribution is 6.46. The summed E-state index contributed by atoms with van der Waals surface area (Å²) in [5, 5.41) is 10.9. The number of nitrogens with zero attached hydrogens (tertiary/aromatic N) is 3. The van der Waals surface area contributed by atoms with Crippen LogP contribution in [-0.2, 0) is 9.59 Å². The summed E-state index contributed by atoms with van der Waals surface area (Å²) in [5.41, 5.74) is 1.40. The topological polar surface area (TPSA) is 83.4 Å². The molecule has 2 fully saturated rings. The Bertz CT molecular complexity index is 874. The van der Waals surface area contributed by atoms with Gasteiger partial charge < -0.3 is 10.0 Å². The van der Waals surface area contributed by atoms with E-state index in [-0.39, 0.29) is 17.4 Å². The summed E-state index contributed by atoms with van der Waals surface area (Å²) in [6.45, 7) is 0. The van der Waals surface area contributed by atoms with Crippen molar-refractivity contribution in [1.29, 1.82) is 0 Å². The number of aliphatic hydroxyl groups is 1. The number of hydrogen-bond acceptors (Lipinski definition) is 5. The molecule has 1 amide bonds. The number of rotatable bonds is 3. The Hall–Kier alpha value is -3.02. The van der Waals surface area contributed by atoms with Crippen LogP contribution in [0.3, 0.4) is 0 Å². The van der Waals surface area contributed by atoms with Gasteiger partial charge in [-0.05, 0) is 42.7 Å². The molecule has 3 heterocycles. The number of hydrogen-bond donors (Lipinski definition) is 1. The molecule has 0 spiro atoms. The monoisotopic (exact) mass is 363 g/mol. The van der Waals surface area contributed by atoms with Crippen molar-refractivity contribution in [3.8, 4) is 0 Å². The van der Waals surface area contributed by atoms with E-state index in [0.717, 1.165) is 37.7 Å². The predicted molar refractivity (Wildman–Crippen MR) is 99.5 cm³/mol. The smallest absolute Gasteiger partial charge is 0.295 e. The van der Waals surface area contributed by atoms with Gasteiger partial charge in [0.15, 0.2) is 0 Å². The van der Waals surface area contributed by atoms with Gasteiger partial charge in [0.2, 0.25) is 0 Å². The molecule has 1 unspecified atom stereocenters. The second-order valence-electron chi connectivity index (χ2n) is 7.01. The third-order valence-corrected chi connectivity index (χ3v) is 5.42. The highest BCUT2D eigenvalue weighted by atomic mass is 16.3. The Labute approximate surface area is 157 Å². The molecule has 0 aromatic carbocycles. The van der Waals surface area contributed by atoms with E-state index in [4.69, 9.17) is 0 Å². The van der Waals surface area contributed by atoms with Crippen LogP contribution in [0.4, 0.5) is 0 Å². The van der Waals surface area contributed by atoms with Gasteiger partial charge in [0.05, 0.1) is 11.6 Å². The van der Waals surface area contributed by atoms with Crippen LogP contribution in [0.2, 0.25) is 0 Å². The van der Waals surface area contributed by atoms with E-state index in [2.05, 4.69) is 9.97 Å². The van der Waals surface area contributed by atoms with Gasteiger partial charge in [0.1, 0.15) is 5.76 Å². The molecule has 1 aliphatic heterocycles. The zero-order valence-electron chi connectivity index (χ0n) is 14.9. The first-order valence-electron chi connectivity index (χ1n) is 9.29. The van der Waals surface area contributed by atoms with Crippen LogP contribution in [-0.4, -0.2) is 37.7 Å². The van der Waals surface area contributed by atoms with E-state index in [9.17, 15) is 14.7 Å². The molecule has 2 aromatic heterocycles. The van der Waals surface area contributed by atoms with E-state index < -0.39 is 17.7 Å². The van der Waals surface area contributed by atoms with Gasteiger partial charge in [-0.25, -0.2) is 0 Å². The largest absolute Gasteiger partial charge is 0.507 e. The van der Waals surface area contributed by atoms with Gasteiger partial charge in [-0.3, -0.25) is 19.6 Å². The van der Waals surface area contributed by atoms with Crippen molar-refractivity contribution in [2.45, 2.75) is 44.2 Å². The number of pyridine rings is 2. The molecule has 6 nitrogen and oxygen atoms in total. The third-order valence-electron chi connectivity index (χ3n) is 5.42. The number of amides is 1. The zero-order chi connectivity index (χ0) is 18.8. The predicted octanol–water partition coefficient (Wildman–Crippen LogP) is 3.23. The first-order valence-corrected chi connectivity index (χ1v) is 9.29. The van der Waals surface area contributed by atoms with Gasteiger partial charge in [-0.15, -0.1) is 0 Å². The van der Waals surface area contributed by atoms with E-state index in [1.807, 2.05) is 0 Å². The molecule has 6 heteroatoms. The van der Waals surface area contributed by atoms with Crippen molar-refractivity contribution >= 4 is 17.4 Å². The van der Waals surface area contributed by atoms with Crippen LogP contribution in [0.25, 0.3) is 5.76 Å². The molecule has 1 saturated heterocycles. The van der Waals surface area contributed by atoms with Crippen molar-refractivity contribution in [2.24, 2.45) is 0 Å². The maximum absolute atomic E-state index is 12.9. The number of likely N-dealkylation sites (tertiary alicyclic amines) is 1. The number of ketones is 1. The Balaban J connectivity index is 1.86. The molecule has 2 aromatic rings. The lowest BCUT2D eigenvalue weighted by Crippen LogP contribution is -2.40. The molecule has 1 saturated carbocycles. The van der Waals surface area contributed by atoms with Crippen molar-refractivity contribution < 1.29 is 14.7 Å². The molecule has 2 aliphatic rings. The van der Waals surface area contributed by atoms with E-state index in [0.29, 0.717) is 5.56 Å². The van der Waals surface area contributed by atoms with Gasteiger partial charge in [-0.1, -0.05) is 19.3 Å². The fraction of sp³-hybridized carbons (Fsp3) is 0.333. The lowest BCUT2D eigenvalue weighted by atomic mass is 9.91.